The molecule has 1 aliphatic rings. The molecule has 1 fully saturated rings. The van der Waals surface area contributed by atoms with E-state index < -0.39 is 15.4 Å². The van der Waals surface area contributed by atoms with Crippen LogP contribution in [-0.4, -0.2) is 39.5 Å². The molecular formula is C20H19N7O3S2. The van der Waals surface area contributed by atoms with Crippen LogP contribution < -0.4 is 10.0 Å². The quantitative estimate of drug-likeness (QED) is 0.536. The van der Waals surface area contributed by atoms with Gasteiger partial charge in [0.25, 0.3) is 0 Å². The largest absolute Gasteiger partial charge is 0.310 e. The zero-order valence-corrected chi connectivity index (χ0v) is 18.9. The zero-order chi connectivity index (χ0) is 22.9. The lowest BCUT2D eigenvalue weighted by atomic mass is 9.89. The number of rotatable bonds is 7. The van der Waals surface area contributed by atoms with Crippen LogP contribution in [-0.2, 0) is 20.2 Å². The Balaban J connectivity index is 1.45. The molecule has 0 aliphatic heterocycles. The maximum atomic E-state index is 12.9. The van der Waals surface area contributed by atoms with Crippen molar-refractivity contribution in [3.05, 3.63) is 47.5 Å². The minimum Gasteiger partial charge on any atom is -0.310 e. The molecule has 3 aromatic rings. The molecule has 3 heterocycles. The monoisotopic (exact) mass is 469 g/mol. The van der Waals surface area contributed by atoms with Crippen LogP contribution in [0.2, 0.25) is 0 Å². The molecule has 0 bridgehead atoms. The number of thiazole rings is 1. The van der Waals surface area contributed by atoms with Crippen molar-refractivity contribution in [2.45, 2.75) is 37.4 Å². The second kappa shape index (κ2) is 8.25. The Kier molecular flexibility index (Phi) is 5.62. The van der Waals surface area contributed by atoms with E-state index in [0.717, 1.165) is 11.3 Å². The summed E-state index contributed by atoms with van der Waals surface area (Å²) in [6, 6.07) is 5.28. The van der Waals surface area contributed by atoms with Gasteiger partial charge in [0.2, 0.25) is 15.9 Å². The Labute approximate surface area is 188 Å². The molecule has 2 N–H and O–H groups in total. The van der Waals surface area contributed by atoms with Crippen LogP contribution in [0.4, 0.5) is 10.9 Å². The first-order chi connectivity index (χ1) is 15.2. The van der Waals surface area contributed by atoms with Crippen molar-refractivity contribution in [3.63, 3.8) is 0 Å². The number of pyridine rings is 1. The van der Waals surface area contributed by atoms with Crippen molar-refractivity contribution in [1.29, 1.82) is 5.26 Å². The Morgan fingerprint density at radius 2 is 2.00 bits per heavy atom. The van der Waals surface area contributed by atoms with E-state index in [1.54, 1.807) is 31.4 Å². The highest BCUT2D eigenvalue weighted by atomic mass is 32.2. The Bertz CT molecular complexity index is 1310. The Hall–Kier alpha value is -3.43. The molecule has 10 nitrogen and oxygen atoms in total. The highest BCUT2D eigenvalue weighted by molar-refractivity contribution is 7.93. The van der Waals surface area contributed by atoms with Crippen molar-refractivity contribution in [2.75, 3.05) is 10.0 Å². The molecule has 32 heavy (non-hydrogen) atoms. The number of amides is 1. The van der Waals surface area contributed by atoms with E-state index in [1.807, 2.05) is 6.07 Å². The minimum atomic E-state index is -3.41. The Morgan fingerprint density at radius 1 is 1.22 bits per heavy atom. The third kappa shape index (κ3) is 4.58. The van der Waals surface area contributed by atoms with Crippen molar-refractivity contribution < 1.29 is 13.2 Å². The van der Waals surface area contributed by atoms with Gasteiger partial charge in [0.15, 0.2) is 10.8 Å². The molecule has 0 atom stereocenters. The average molecular weight is 470 g/mol. The number of hydrogen-bond donors (Lipinski definition) is 2. The summed E-state index contributed by atoms with van der Waals surface area (Å²) in [5.41, 5.74) is 0.780. The summed E-state index contributed by atoms with van der Waals surface area (Å²) >= 11 is 1.14. The Morgan fingerprint density at radius 3 is 2.66 bits per heavy atom. The van der Waals surface area contributed by atoms with Gasteiger partial charge in [-0.3, -0.25) is 14.5 Å². The summed E-state index contributed by atoms with van der Waals surface area (Å²) in [5, 5.41) is 13.3. The first kappa shape index (κ1) is 21.8. The van der Waals surface area contributed by atoms with Gasteiger partial charge in [0.05, 0.1) is 34.4 Å². The maximum absolute atomic E-state index is 12.9. The van der Waals surface area contributed by atoms with E-state index in [-0.39, 0.29) is 22.0 Å². The number of nitrogens with one attached hydrogen (secondary N) is 2. The van der Waals surface area contributed by atoms with Gasteiger partial charge in [-0.1, -0.05) is 0 Å². The summed E-state index contributed by atoms with van der Waals surface area (Å²) in [4.78, 5) is 29.6. The van der Waals surface area contributed by atoms with Gasteiger partial charge >= 0.3 is 0 Å². The third-order valence-corrected chi connectivity index (χ3v) is 7.67. The molecule has 4 rings (SSSR count). The summed E-state index contributed by atoms with van der Waals surface area (Å²) < 4.78 is 26.7. The first-order valence-corrected chi connectivity index (χ1v) is 12.1. The summed E-state index contributed by atoms with van der Waals surface area (Å²) in [6.45, 7) is 3.40. The van der Waals surface area contributed by atoms with E-state index in [2.05, 4.69) is 30.0 Å². The molecule has 0 unspecified atom stereocenters. The topological polar surface area (TPSA) is 151 Å². The molecule has 164 valence electrons. The van der Waals surface area contributed by atoms with Crippen molar-refractivity contribution in [3.8, 4) is 17.3 Å². The summed E-state index contributed by atoms with van der Waals surface area (Å²) in [6.07, 6.45) is 5.74. The second-order valence-corrected chi connectivity index (χ2v) is 10.6. The molecule has 1 aliphatic carbocycles. The van der Waals surface area contributed by atoms with Crippen molar-refractivity contribution >= 4 is 38.2 Å². The van der Waals surface area contributed by atoms with Crippen molar-refractivity contribution in [2.24, 2.45) is 0 Å². The van der Waals surface area contributed by atoms with Crippen molar-refractivity contribution in [1.82, 2.24) is 19.9 Å². The summed E-state index contributed by atoms with van der Waals surface area (Å²) in [5.74, 6) is -0.00738. The predicted molar refractivity (Wildman–Crippen MR) is 119 cm³/mol. The van der Waals surface area contributed by atoms with E-state index >= 15 is 0 Å². The van der Waals surface area contributed by atoms with Gasteiger partial charge in [-0.2, -0.15) is 5.26 Å². The lowest BCUT2D eigenvalue weighted by Gasteiger charge is -2.21. The molecule has 1 amide bonds. The molecule has 12 heteroatoms. The van der Waals surface area contributed by atoms with Gasteiger partial charge < -0.3 is 5.32 Å². The number of aromatic nitrogens is 4. The smallest absolute Gasteiger partial charge is 0.237 e. The number of sulfonamides is 1. The van der Waals surface area contributed by atoms with E-state index in [9.17, 15) is 13.2 Å². The van der Waals surface area contributed by atoms with Crippen LogP contribution in [0, 0.1) is 11.3 Å². The van der Waals surface area contributed by atoms with Gasteiger partial charge in [0, 0.05) is 17.1 Å². The van der Waals surface area contributed by atoms with Crippen LogP contribution in [0.1, 0.15) is 38.1 Å². The highest BCUT2D eigenvalue weighted by Gasteiger charge is 2.37. The lowest BCUT2D eigenvalue weighted by molar-refractivity contribution is -0.120. The van der Waals surface area contributed by atoms with Crippen LogP contribution >= 0.6 is 11.3 Å². The fourth-order valence-electron chi connectivity index (χ4n) is 2.76. The van der Waals surface area contributed by atoms with E-state index in [4.69, 9.17) is 5.26 Å². The van der Waals surface area contributed by atoms with Gasteiger partial charge in [0.1, 0.15) is 11.9 Å². The molecular weight excluding hydrogens is 450 g/mol. The van der Waals surface area contributed by atoms with Gasteiger partial charge in [-0.25, -0.2) is 23.4 Å². The van der Waals surface area contributed by atoms with Crippen LogP contribution in [0.3, 0.4) is 0 Å². The molecule has 0 aromatic carbocycles. The number of carbonyl (C=O) groups excluding carboxylic acids is 1. The predicted octanol–water partition coefficient (Wildman–Crippen LogP) is 2.69. The number of hydrogen-bond acceptors (Lipinski definition) is 9. The lowest BCUT2D eigenvalue weighted by Crippen LogP contribution is -2.35. The normalized spacial score (nSPS) is 13.9. The maximum Gasteiger partial charge on any atom is 0.237 e. The molecule has 1 saturated carbocycles. The van der Waals surface area contributed by atoms with Gasteiger partial charge in [-0.15, -0.1) is 11.3 Å². The SMILES string of the molecule is CC(C)(C(=O)Nc1ccc(-c2cncc(C#N)n2)cn1)c1csc(NS(=O)(=O)C2CC2)n1. The highest BCUT2D eigenvalue weighted by Crippen LogP contribution is 2.33. The summed E-state index contributed by atoms with van der Waals surface area (Å²) in [7, 11) is -3.41. The number of nitrogens with zero attached hydrogens (tertiary/aromatic N) is 5. The molecule has 0 radical (unpaired) electrons. The number of nitriles is 1. The fourth-order valence-corrected chi connectivity index (χ4v) is 5.23. The number of carbonyl (C=O) groups is 1. The van der Waals surface area contributed by atoms with Crippen LogP contribution in [0.25, 0.3) is 11.3 Å². The van der Waals surface area contributed by atoms with Gasteiger partial charge in [-0.05, 0) is 38.8 Å². The first-order valence-electron chi connectivity index (χ1n) is 9.67. The average Bonchev–Trinajstić information content (AvgIpc) is 3.54. The van der Waals surface area contributed by atoms with E-state index in [1.165, 1.54) is 18.6 Å². The van der Waals surface area contributed by atoms with Crippen LogP contribution in [0.15, 0.2) is 36.1 Å². The fraction of sp³-hybridized carbons (Fsp3) is 0.300. The zero-order valence-electron chi connectivity index (χ0n) is 17.2. The number of anilines is 2. The minimum absolute atomic E-state index is 0.198. The molecule has 0 saturated heterocycles. The van der Waals surface area contributed by atoms with E-state index in [0.29, 0.717) is 35.6 Å². The molecule has 3 aromatic heterocycles. The standard InChI is InChI=1S/C20H19N7O3S2/c1-20(2,16-11-31-19(25-16)27-32(29,30)14-4-5-14)18(28)26-17-6-3-12(8-23-17)15-10-22-9-13(7-21)24-15/h3,6,8-11,14H,4-5H2,1-2H3,(H,25,27)(H,23,26,28). The third-order valence-electron chi connectivity index (χ3n) is 4.95. The van der Waals surface area contributed by atoms with Crippen LogP contribution in [0.5, 0.6) is 0 Å². The molecule has 0 spiro atoms. The second-order valence-electron chi connectivity index (χ2n) is 7.80.